The van der Waals surface area contributed by atoms with E-state index in [-0.39, 0.29) is 5.56 Å². The molecule has 0 radical (unpaired) electrons. The van der Waals surface area contributed by atoms with E-state index in [1.165, 1.54) is 31.4 Å². The van der Waals surface area contributed by atoms with Crippen LogP contribution in [0.3, 0.4) is 0 Å². The number of nitrogens with two attached hydrogens (primary N) is 1. The first-order valence-electron chi connectivity index (χ1n) is 5.81. The van der Waals surface area contributed by atoms with Gasteiger partial charge in [-0.25, -0.2) is 18.6 Å². The van der Waals surface area contributed by atoms with Crippen molar-refractivity contribution in [1.82, 2.24) is 5.43 Å². The third kappa shape index (κ3) is 2.76. The molecule has 3 N–H and O–H groups in total. The molecule has 1 atom stereocenters. The van der Waals surface area contributed by atoms with Gasteiger partial charge in [-0.1, -0.05) is 6.07 Å². The fourth-order valence-corrected chi connectivity index (χ4v) is 2.01. The Hall–Kier alpha value is -2.05. The van der Waals surface area contributed by atoms with Crippen molar-refractivity contribution in [3.63, 3.8) is 0 Å². The molecule has 6 heteroatoms. The Bertz CT molecular complexity index is 619. The predicted molar refractivity (Wildman–Crippen MR) is 68.5 cm³/mol. The number of hydrogen-bond acceptors (Lipinski definition) is 3. The van der Waals surface area contributed by atoms with Gasteiger partial charge >= 0.3 is 0 Å². The van der Waals surface area contributed by atoms with Crippen molar-refractivity contribution < 1.29 is 17.9 Å². The zero-order chi connectivity index (χ0) is 14.7. The number of methoxy groups -OCH3 is 1. The molecule has 0 saturated carbocycles. The van der Waals surface area contributed by atoms with Crippen LogP contribution in [-0.4, -0.2) is 7.11 Å². The van der Waals surface area contributed by atoms with Gasteiger partial charge in [-0.15, -0.1) is 0 Å². The molecule has 0 aliphatic heterocycles. The topological polar surface area (TPSA) is 47.3 Å². The molecule has 2 rings (SSSR count). The monoisotopic (exact) mass is 282 g/mol. The molecule has 2 aromatic carbocycles. The highest BCUT2D eigenvalue weighted by molar-refractivity contribution is 5.42. The van der Waals surface area contributed by atoms with Crippen molar-refractivity contribution in [2.24, 2.45) is 5.84 Å². The quantitative estimate of drug-likeness (QED) is 0.669. The van der Waals surface area contributed by atoms with Crippen molar-refractivity contribution in [3.05, 3.63) is 65.0 Å². The summed E-state index contributed by atoms with van der Waals surface area (Å²) >= 11 is 0. The normalized spacial score (nSPS) is 12.2. The van der Waals surface area contributed by atoms with Crippen LogP contribution in [0, 0.1) is 17.5 Å². The second kappa shape index (κ2) is 5.94. The first-order valence-corrected chi connectivity index (χ1v) is 5.81. The molecule has 3 nitrogen and oxygen atoms in total. The highest BCUT2D eigenvalue weighted by Gasteiger charge is 2.21. The van der Waals surface area contributed by atoms with Gasteiger partial charge < -0.3 is 4.74 Å². The third-order valence-corrected chi connectivity index (χ3v) is 2.94. The van der Waals surface area contributed by atoms with Gasteiger partial charge in [0.25, 0.3) is 0 Å². The van der Waals surface area contributed by atoms with Crippen molar-refractivity contribution in [2.75, 3.05) is 7.11 Å². The lowest BCUT2D eigenvalue weighted by molar-refractivity contribution is 0.401. The van der Waals surface area contributed by atoms with Crippen LogP contribution in [0.15, 0.2) is 36.4 Å². The van der Waals surface area contributed by atoms with Crippen molar-refractivity contribution in [3.8, 4) is 5.75 Å². The van der Waals surface area contributed by atoms with Gasteiger partial charge in [0.2, 0.25) is 0 Å². The number of halogens is 3. The molecule has 106 valence electrons. The number of nitrogens with one attached hydrogen (secondary N) is 1. The van der Waals surface area contributed by atoms with E-state index >= 15 is 0 Å². The highest BCUT2D eigenvalue weighted by atomic mass is 19.1. The second-order valence-corrected chi connectivity index (χ2v) is 4.15. The molecule has 0 heterocycles. The van der Waals surface area contributed by atoms with E-state index in [4.69, 9.17) is 10.6 Å². The Morgan fingerprint density at radius 2 is 1.65 bits per heavy atom. The van der Waals surface area contributed by atoms with Crippen LogP contribution < -0.4 is 16.0 Å². The third-order valence-electron chi connectivity index (χ3n) is 2.94. The van der Waals surface area contributed by atoms with Crippen LogP contribution in [0.5, 0.6) is 5.75 Å². The lowest BCUT2D eigenvalue weighted by Crippen LogP contribution is -2.30. The van der Waals surface area contributed by atoms with Crippen LogP contribution in [-0.2, 0) is 0 Å². The number of hydrogen-bond donors (Lipinski definition) is 2. The maximum absolute atomic E-state index is 13.8. The summed E-state index contributed by atoms with van der Waals surface area (Å²) in [4.78, 5) is 0. The summed E-state index contributed by atoms with van der Waals surface area (Å²) in [6.45, 7) is 0. The Morgan fingerprint density at radius 1 is 1.00 bits per heavy atom. The highest BCUT2D eigenvalue weighted by Crippen LogP contribution is 2.31. The largest absolute Gasteiger partial charge is 0.496 e. The molecule has 0 spiro atoms. The molecule has 0 aliphatic carbocycles. The van der Waals surface area contributed by atoms with Crippen molar-refractivity contribution in [2.45, 2.75) is 6.04 Å². The van der Waals surface area contributed by atoms with Gasteiger partial charge in [0.15, 0.2) is 0 Å². The van der Waals surface area contributed by atoms with Gasteiger partial charge in [-0.05, 0) is 24.3 Å². The Labute approximate surface area is 114 Å². The minimum atomic E-state index is -0.860. The Balaban J connectivity index is 2.54. The molecule has 0 fully saturated rings. The Morgan fingerprint density at radius 3 is 2.25 bits per heavy atom. The first-order chi connectivity index (χ1) is 9.56. The minimum Gasteiger partial charge on any atom is -0.496 e. The van der Waals surface area contributed by atoms with Crippen molar-refractivity contribution in [1.29, 1.82) is 0 Å². The van der Waals surface area contributed by atoms with E-state index in [1.54, 1.807) is 0 Å². The molecule has 1 unspecified atom stereocenters. The van der Waals surface area contributed by atoms with E-state index in [0.717, 1.165) is 12.1 Å². The van der Waals surface area contributed by atoms with Gasteiger partial charge in [0, 0.05) is 17.2 Å². The average molecular weight is 282 g/mol. The zero-order valence-electron chi connectivity index (χ0n) is 10.7. The molecule has 0 aliphatic rings. The summed E-state index contributed by atoms with van der Waals surface area (Å²) in [5.41, 5.74) is 2.80. The Kier molecular flexibility index (Phi) is 4.26. The number of ether oxygens (including phenoxy) is 1. The first kappa shape index (κ1) is 14.4. The van der Waals surface area contributed by atoms with E-state index in [2.05, 4.69) is 5.43 Å². The smallest absolute Gasteiger partial charge is 0.131 e. The average Bonchev–Trinajstić information content (AvgIpc) is 2.42. The molecule has 0 amide bonds. The number of rotatable bonds is 4. The molecule has 2 aromatic rings. The fraction of sp³-hybridized carbons (Fsp3) is 0.143. The van der Waals surface area contributed by atoms with Gasteiger partial charge in [0.05, 0.1) is 13.2 Å². The zero-order valence-corrected chi connectivity index (χ0v) is 10.7. The summed E-state index contributed by atoms with van der Waals surface area (Å²) in [6.07, 6.45) is 0. The maximum Gasteiger partial charge on any atom is 0.131 e. The SMILES string of the molecule is COc1ccc(F)cc1C(NN)c1ccc(F)cc1F. The molecular weight excluding hydrogens is 269 g/mol. The van der Waals surface area contributed by atoms with E-state index in [1.807, 2.05) is 0 Å². The minimum absolute atomic E-state index is 0.0952. The molecule has 0 aromatic heterocycles. The summed E-state index contributed by atoms with van der Waals surface area (Å²) in [7, 11) is 1.41. The molecule has 0 bridgehead atoms. The van der Waals surface area contributed by atoms with E-state index in [0.29, 0.717) is 11.3 Å². The summed E-state index contributed by atoms with van der Waals surface area (Å²) < 4.78 is 45.3. The van der Waals surface area contributed by atoms with Gasteiger partial charge in [-0.2, -0.15) is 0 Å². The maximum atomic E-state index is 13.8. The summed E-state index contributed by atoms with van der Waals surface area (Å²) in [5.74, 6) is 3.78. The molecular formula is C14H13F3N2O. The van der Waals surface area contributed by atoms with Gasteiger partial charge in [0.1, 0.15) is 23.2 Å². The van der Waals surface area contributed by atoms with E-state index in [9.17, 15) is 13.2 Å². The lowest BCUT2D eigenvalue weighted by atomic mass is 9.97. The predicted octanol–water partition coefficient (Wildman–Crippen LogP) is 2.67. The summed E-state index contributed by atoms with van der Waals surface area (Å²) in [6, 6.07) is 6.06. The van der Waals surface area contributed by atoms with Gasteiger partial charge in [-0.3, -0.25) is 5.84 Å². The summed E-state index contributed by atoms with van der Waals surface area (Å²) in [5, 5.41) is 0. The van der Waals surface area contributed by atoms with Crippen LogP contribution >= 0.6 is 0 Å². The van der Waals surface area contributed by atoms with E-state index < -0.39 is 23.5 Å². The lowest BCUT2D eigenvalue weighted by Gasteiger charge is -2.20. The second-order valence-electron chi connectivity index (χ2n) is 4.15. The molecule has 0 saturated heterocycles. The fourth-order valence-electron chi connectivity index (χ4n) is 2.01. The van der Waals surface area contributed by atoms with Crippen molar-refractivity contribution >= 4 is 0 Å². The number of benzene rings is 2. The number of hydrazine groups is 1. The van der Waals surface area contributed by atoms with Crippen LogP contribution in [0.1, 0.15) is 17.2 Å². The van der Waals surface area contributed by atoms with Crippen LogP contribution in [0.4, 0.5) is 13.2 Å². The standard InChI is InChI=1S/C14H13F3N2O/c1-20-13-5-3-8(15)6-11(13)14(19-18)10-4-2-9(16)7-12(10)17/h2-7,14,19H,18H2,1H3. The van der Waals surface area contributed by atoms with Crippen LogP contribution in [0.25, 0.3) is 0 Å². The van der Waals surface area contributed by atoms with Crippen LogP contribution in [0.2, 0.25) is 0 Å². The molecule has 20 heavy (non-hydrogen) atoms.